The van der Waals surface area contributed by atoms with Gasteiger partial charge in [0.25, 0.3) is 0 Å². The first kappa shape index (κ1) is 13.8. The van der Waals surface area contributed by atoms with E-state index in [9.17, 15) is 9.18 Å². The Morgan fingerprint density at radius 2 is 2.05 bits per heavy atom. The fourth-order valence-corrected chi connectivity index (χ4v) is 2.13. The van der Waals surface area contributed by atoms with Crippen molar-refractivity contribution in [3.05, 3.63) is 52.0 Å². The lowest BCUT2D eigenvalue weighted by Gasteiger charge is -2.10. The first-order valence-electron chi connectivity index (χ1n) is 5.29. The van der Waals surface area contributed by atoms with Gasteiger partial charge in [-0.3, -0.25) is 4.79 Å². The molecule has 3 nitrogen and oxygen atoms in total. The lowest BCUT2D eigenvalue weighted by Crippen LogP contribution is -2.03. The Hall–Kier alpha value is -1.65. The van der Waals surface area contributed by atoms with Crippen LogP contribution < -0.4 is 0 Å². The molecule has 0 aliphatic rings. The summed E-state index contributed by atoms with van der Waals surface area (Å²) in [7, 11) is 0. The Bertz CT molecular complexity index is 647. The van der Waals surface area contributed by atoms with Crippen molar-refractivity contribution in [1.82, 2.24) is 4.98 Å². The molecule has 1 heterocycles. The fraction of sp³-hybridized carbons (Fsp3) is 0.0769. The summed E-state index contributed by atoms with van der Waals surface area (Å²) in [6.45, 7) is 0. The van der Waals surface area contributed by atoms with Gasteiger partial charge in [-0.1, -0.05) is 35.3 Å². The van der Waals surface area contributed by atoms with Crippen LogP contribution in [0.5, 0.6) is 0 Å². The number of aliphatic carboxylic acids is 1. The van der Waals surface area contributed by atoms with Crippen LogP contribution in [-0.2, 0) is 11.2 Å². The second kappa shape index (κ2) is 5.55. The van der Waals surface area contributed by atoms with Gasteiger partial charge in [0, 0.05) is 17.3 Å². The van der Waals surface area contributed by atoms with Crippen molar-refractivity contribution in [2.75, 3.05) is 0 Å². The quantitative estimate of drug-likeness (QED) is 0.877. The maximum atomic E-state index is 13.1. The minimum absolute atomic E-state index is 0.282. The van der Waals surface area contributed by atoms with E-state index in [0.717, 1.165) is 6.07 Å². The van der Waals surface area contributed by atoms with Crippen LogP contribution in [0.1, 0.15) is 5.56 Å². The van der Waals surface area contributed by atoms with E-state index < -0.39 is 11.9 Å². The SMILES string of the molecule is O=C(O)Cc1cc(F)ncc1-c1cccc(Cl)c1Cl. The molecule has 0 fully saturated rings. The number of benzene rings is 1. The molecule has 2 aromatic rings. The lowest BCUT2D eigenvalue weighted by molar-refractivity contribution is -0.136. The first-order chi connectivity index (χ1) is 8.99. The van der Waals surface area contributed by atoms with E-state index in [1.807, 2.05) is 0 Å². The van der Waals surface area contributed by atoms with Crippen LogP contribution in [0.4, 0.5) is 4.39 Å². The summed E-state index contributed by atoms with van der Waals surface area (Å²) in [4.78, 5) is 14.3. The van der Waals surface area contributed by atoms with Crippen molar-refractivity contribution >= 4 is 29.2 Å². The maximum Gasteiger partial charge on any atom is 0.307 e. The van der Waals surface area contributed by atoms with Gasteiger partial charge in [0.2, 0.25) is 5.95 Å². The molecule has 0 atom stereocenters. The summed E-state index contributed by atoms with van der Waals surface area (Å²) in [6, 6.07) is 6.05. The number of carbonyl (C=O) groups is 1. The van der Waals surface area contributed by atoms with E-state index in [1.165, 1.54) is 6.20 Å². The summed E-state index contributed by atoms with van der Waals surface area (Å²) in [5, 5.41) is 9.47. The molecule has 0 bridgehead atoms. The lowest BCUT2D eigenvalue weighted by atomic mass is 10.00. The van der Waals surface area contributed by atoms with Gasteiger partial charge in [0.15, 0.2) is 0 Å². The third kappa shape index (κ3) is 3.03. The molecular formula is C13H8Cl2FNO2. The molecule has 98 valence electrons. The predicted molar refractivity (Wildman–Crippen MR) is 71.0 cm³/mol. The summed E-state index contributed by atoms with van der Waals surface area (Å²) in [5.41, 5.74) is 1.28. The van der Waals surface area contributed by atoms with Gasteiger partial charge in [-0.15, -0.1) is 0 Å². The molecule has 19 heavy (non-hydrogen) atoms. The van der Waals surface area contributed by atoms with Crippen LogP contribution in [0, 0.1) is 5.95 Å². The number of hydrogen-bond donors (Lipinski definition) is 1. The number of carboxylic acids is 1. The Kier molecular flexibility index (Phi) is 4.02. The van der Waals surface area contributed by atoms with Crippen molar-refractivity contribution in [3.8, 4) is 11.1 Å². The summed E-state index contributed by atoms with van der Waals surface area (Å²) in [5.74, 6) is -1.80. The molecule has 2 rings (SSSR count). The van der Waals surface area contributed by atoms with Crippen molar-refractivity contribution in [1.29, 1.82) is 0 Å². The molecule has 0 unspecified atom stereocenters. The molecule has 1 N–H and O–H groups in total. The third-order valence-corrected chi connectivity index (χ3v) is 3.36. The minimum Gasteiger partial charge on any atom is -0.481 e. The van der Waals surface area contributed by atoms with Crippen LogP contribution in [0.25, 0.3) is 11.1 Å². The number of hydrogen-bond acceptors (Lipinski definition) is 2. The first-order valence-corrected chi connectivity index (χ1v) is 6.05. The number of halogens is 3. The van der Waals surface area contributed by atoms with E-state index in [2.05, 4.69) is 4.98 Å². The monoisotopic (exact) mass is 299 g/mol. The highest BCUT2D eigenvalue weighted by Gasteiger charge is 2.14. The van der Waals surface area contributed by atoms with Gasteiger partial charge in [0.05, 0.1) is 16.5 Å². The molecule has 0 amide bonds. The van der Waals surface area contributed by atoms with Gasteiger partial charge in [0.1, 0.15) is 0 Å². The molecule has 1 aromatic heterocycles. The van der Waals surface area contributed by atoms with Gasteiger partial charge in [-0.25, -0.2) is 4.98 Å². The molecular weight excluding hydrogens is 292 g/mol. The van der Waals surface area contributed by atoms with Crippen molar-refractivity contribution < 1.29 is 14.3 Å². The molecule has 0 radical (unpaired) electrons. The normalized spacial score (nSPS) is 10.5. The van der Waals surface area contributed by atoms with Crippen molar-refractivity contribution in [2.24, 2.45) is 0 Å². The molecule has 6 heteroatoms. The smallest absolute Gasteiger partial charge is 0.307 e. The molecule has 0 aliphatic heterocycles. The van der Waals surface area contributed by atoms with Gasteiger partial charge < -0.3 is 5.11 Å². The van der Waals surface area contributed by atoms with E-state index in [0.29, 0.717) is 21.7 Å². The average molecular weight is 300 g/mol. The van der Waals surface area contributed by atoms with Crippen LogP contribution in [-0.4, -0.2) is 16.1 Å². The Labute approximate surface area is 118 Å². The summed E-state index contributed by atoms with van der Waals surface area (Å²) < 4.78 is 13.1. The largest absolute Gasteiger partial charge is 0.481 e. The minimum atomic E-state index is -1.06. The number of nitrogens with zero attached hydrogens (tertiary/aromatic N) is 1. The fourth-order valence-electron chi connectivity index (χ4n) is 1.73. The van der Waals surface area contributed by atoms with E-state index >= 15 is 0 Å². The Balaban J connectivity index is 2.61. The predicted octanol–water partition coefficient (Wildman–Crippen LogP) is 3.82. The second-order valence-corrected chi connectivity index (χ2v) is 4.62. The summed E-state index contributed by atoms with van der Waals surface area (Å²) >= 11 is 12.0. The zero-order valence-corrected chi connectivity index (χ0v) is 11.0. The van der Waals surface area contributed by atoms with Gasteiger partial charge in [-0.2, -0.15) is 4.39 Å². The number of pyridine rings is 1. The molecule has 0 saturated heterocycles. The van der Waals surface area contributed by atoms with Crippen molar-refractivity contribution in [3.63, 3.8) is 0 Å². The maximum absolute atomic E-state index is 13.1. The number of rotatable bonds is 3. The Morgan fingerprint density at radius 3 is 2.74 bits per heavy atom. The highest BCUT2D eigenvalue weighted by Crippen LogP contribution is 2.35. The molecule has 0 saturated carbocycles. The highest BCUT2D eigenvalue weighted by atomic mass is 35.5. The molecule has 0 spiro atoms. The standard InChI is InChI=1S/C13H8Cl2FNO2/c14-10-3-1-2-8(13(10)15)9-6-17-11(16)4-7(9)5-12(18)19/h1-4,6H,5H2,(H,18,19). The number of aromatic nitrogens is 1. The average Bonchev–Trinajstić information content (AvgIpc) is 2.33. The zero-order valence-electron chi connectivity index (χ0n) is 9.53. The van der Waals surface area contributed by atoms with E-state index in [4.69, 9.17) is 28.3 Å². The zero-order chi connectivity index (χ0) is 14.0. The third-order valence-electron chi connectivity index (χ3n) is 2.54. The van der Waals surface area contributed by atoms with E-state index in [-0.39, 0.29) is 11.4 Å². The van der Waals surface area contributed by atoms with E-state index in [1.54, 1.807) is 18.2 Å². The van der Waals surface area contributed by atoms with Crippen LogP contribution in [0.3, 0.4) is 0 Å². The number of carboxylic acid groups (broad SMARTS) is 1. The Morgan fingerprint density at radius 1 is 1.32 bits per heavy atom. The summed E-state index contributed by atoms with van der Waals surface area (Å²) in [6.07, 6.45) is 0.933. The molecule has 0 aliphatic carbocycles. The topological polar surface area (TPSA) is 50.2 Å². The molecule has 1 aromatic carbocycles. The van der Waals surface area contributed by atoms with Crippen LogP contribution in [0.15, 0.2) is 30.5 Å². The second-order valence-electron chi connectivity index (χ2n) is 3.84. The van der Waals surface area contributed by atoms with Gasteiger partial charge in [-0.05, 0) is 17.7 Å². The van der Waals surface area contributed by atoms with Crippen LogP contribution >= 0.6 is 23.2 Å². The van der Waals surface area contributed by atoms with Crippen molar-refractivity contribution in [2.45, 2.75) is 6.42 Å². The highest BCUT2D eigenvalue weighted by molar-refractivity contribution is 6.43. The van der Waals surface area contributed by atoms with Gasteiger partial charge >= 0.3 is 5.97 Å². The van der Waals surface area contributed by atoms with Crippen LogP contribution in [0.2, 0.25) is 10.0 Å².